The summed E-state index contributed by atoms with van der Waals surface area (Å²) >= 11 is 5.61. The van der Waals surface area contributed by atoms with Crippen LogP contribution in [0.25, 0.3) is 0 Å². The number of carbonyl (C=O) groups is 2. The Morgan fingerprint density at radius 2 is 2.20 bits per heavy atom. The first-order valence-electron chi connectivity index (χ1n) is 5.50. The second-order valence-electron chi connectivity index (χ2n) is 4.34. The lowest BCUT2D eigenvalue weighted by molar-refractivity contribution is -0.142. The van der Waals surface area contributed by atoms with Gasteiger partial charge in [-0.1, -0.05) is 0 Å². The van der Waals surface area contributed by atoms with E-state index in [1.54, 1.807) is 0 Å². The number of hydrogen-bond donors (Lipinski definition) is 0. The van der Waals surface area contributed by atoms with E-state index in [2.05, 4.69) is 0 Å². The van der Waals surface area contributed by atoms with Gasteiger partial charge in [0.25, 0.3) is 0 Å². The van der Waals surface area contributed by atoms with Gasteiger partial charge in [0, 0.05) is 24.1 Å². The fourth-order valence-electron chi connectivity index (χ4n) is 2.46. The number of rotatable bonds is 4. The molecule has 1 heterocycles. The van der Waals surface area contributed by atoms with Gasteiger partial charge in [0.2, 0.25) is 0 Å². The van der Waals surface area contributed by atoms with Crippen molar-refractivity contribution in [2.45, 2.75) is 38.2 Å². The van der Waals surface area contributed by atoms with E-state index in [4.69, 9.17) is 16.3 Å². The highest BCUT2D eigenvalue weighted by Crippen LogP contribution is 2.40. The predicted octanol–water partition coefficient (Wildman–Crippen LogP) is 1.92. The van der Waals surface area contributed by atoms with Crippen LogP contribution < -0.4 is 0 Å². The summed E-state index contributed by atoms with van der Waals surface area (Å²) in [5, 5.41) is 0. The normalized spacial score (nSPS) is 35.1. The molecule has 0 unspecified atom stereocenters. The molecule has 0 bridgehead atoms. The fourth-order valence-corrected chi connectivity index (χ4v) is 2.62. The topological polar surface area (TPSA) is 43.4 Å². The second-order valence-corrected chi connectivity index (χ2v) is 4.72. The van der Waals surface area contributed by atoms with Crippen LogP contribution >= 0.6 is 11.6 Å². The molecule has 3 nitrogen and oxygen atoms in total. The highest BCUT2D eigenvalue weighted by molar-refractivity contribution is 6.17. The van der Waals surface area contributed by atoms with Crippen molar-refractivity contribution in [3.8, 4) is 0 Å². The summed E-state index contributed by atoms with van der Waals surface area (Å²) in [6.07, 6.45) is 3.60. The lowest BCUT2D eigenvalue weighted by atomic mass is 9.71. The molecule has 3 atom stereocenters. The lowest BCUT2D eigenvalue weighted by Gasteiger charge is -2.31. The van der Waals surface area contributed by atoms with Crippen LogP contribution in [0.4, 0.5) is 0 Å². The maximum Gasteiger partial charge on any atom is 0.306 e. The van der Waals surface area contributed by atoms with Crippen molar-refractivity contribution < 1.29 is 14.3 Å². The number of cyclic esters (lactones) is 1. The van der Waals surface area contributed by atoms with Gasteiger partial charge in [0.05, 0.1) is 6.42 Å². The van der Waals surface area contributed by atoms with Gasteiger partial charge in [0.1, 0.15) is 11.9 Å². The smallest absolute Gasteiger partial charge is 0.306 e. The third-order valence-electron chi connectivity index (χ3n) is 3.42. The molecular weight excluding hydrogens is 216 g/mol. The van der Waals surface area contributed by atoms with Gasteiger partial charge in [-0.3, -0.25) is 9.59 Å². The van der Waals surface area contributed by atoms with Gasteiger partial charge in [-0.2, -0.15) is 0 Å². The molecule has 0 aromatic heterocycles. The van der Waals surface area contributed by atoms with Crippen LogP contribution in [0.1, 0.15) is 32.1 Å². The first kappa shape index (κ1) is 10.9. The zero-order valence-electron chi connectivity index (χ0n) is 8.58. The van der Waals surface area contributed by atoms with Crippen LogP contribution in [-0.2, 0) is 14.3 Å². The Morgan fingerprint density at radius 3 is 2.73 bits per heavy atom. The Kier molecular flexibility index (Phi) is 3.29. The van der Waals surface area contributed by atoms with Crippen molar-refractivity contribution >= 4 is 23.4 Å². The summed E-state index contributed by atoms with van der Waals surface area (Å²) in [6, 6.07) is 0. The zero-order chi connectivity index (χ0) is 10.8. The number of ether oxygens (including phenoxy) is 1. The summed E-state index contributed by atoms with van der Waals surface area (Å²) in [5.41, 5.74) is 0. The molecule has 2 fully saturated rings. The molecule has 4 heteroatoms. The van der Waals surface area contributed by atoms with E-state index in [-0.39, 0.29) is 23.9 Å². The number of esters is 1. The van der Waals surface area contributed by atoms with Crippen molar-refractivity contribution in [3.05, 3.63) is 0 Å². The molecule has 0 N–H and O–H groups in total. The maximum absolute atomic E-state index is 11.4. The molecule has 0 aromatic carbocycles. The SMILES string of the molecule is O=C1C[C@H]([C@@H]2CCC2=O)[C@@H](CCCCl)O1. The summed E-state index contributed by atoms with van der Waals surface area (Å²) < 4.78 is 5.23. The van der Waals surface area contributed by atoms with Crippen molar-refractivity contribution in [2.75, 3.05) is 5.88 Å². The van der Waals surface area contributed by atoms with Gasteiger partial charge in [-0.05, 0) is 19.3 Å². The molecule has 1 saturated carbocycles. The summed E-state index contributed by atoms with van der Waals surface area (Å²) in [5.74, 6) is 0.937. The molecule has 84 valence electrons. The molecule has 0 amide bonds. The third-order valence-corrected chi connectivity index (χ3v) is 3.68. The Morgan fingerprint density at radius 1 is 1.40 bits per heavy atom. The molecule has 2 aliphatic rings. The van der Waals surface area contributed by atoms with Crippen molar-refractivity contribution in [1.29, 1.82) is 0 Å². The van der Waals surface area contributed by atoms with Crippen molar-refractivity contribution in [1.82, 2.24) is 0 Å². The average Bonchev–Trinajstić information content (AvgIpc) is 2.54. The highest BCUT2D eigenvalue weighted by atomic mass is 35.5. The van der Waals surface area contributed by atoms with Gasteiger partial charge in [0.15, 0.2) is 0 Å². The molecule has 15 heavy (non-hydrogen) atoms. The Labute approximate surface area is 94.1 Å². The summed E-state index contributed by atoms with van der Waals surface area (Å²) in [6.45, 7) is 0. The van der Waals surface area contributed by atoms with Gasteiger partial charge in [-0.15, -0.1) is 11.6 Å². The molecule has 1 aliphatic carbocycles. The van der Waals surface area contributed by atoms with Crippen LogP contribution in [-0.4, -0.2) is 23.7 Å². The van der Waals surface area contributed by atoms with Gasteiger partial charge >= 0.3 is 5.97 Å². The van der Waals surface area contributed by atoms with E-state index in [1.807, 2.05) is 0 Å². The van der Waals surface area contributed by atoms with E-state index in [9.17, 15) is 9.59 Å². The minimum atomic E-state index is -0.153. The van der Waals surface area contributed by atoms with Crippen LogP contribution in [0, 0.1) is 11.8 Å². The van der Waals surface area contributed by atoms with Crippen LogP contribution in [0.3, 0.4) is 0 Å². The van der Waals surface area contributed by atoms with E-state index in [0.29, 0.717) is 24.5 Å². The molecule has 2 rings (SSSR count). The van der Waals surface area contributed by atoms with Gasteiger partial charge in [-0.25, -0.2) is 0 Å². The molecule has 0 spiro atoms. The zero-order valence-corrected chi connectivity index (χ0v) is 9.33. The van der Waals surface area contributed by atoms with Gasteiger partial charge < -0.3 is 4.74 Å². The molecular formula is C11H15ClO3. The molecule has 1 saturated heterocycles. The highest BCUT2D eigenvalue weighted by Gasteiger charge is 2.45. The maximum atomic E-state index is 11.4. The molecule has 0 aromatic rings. The second kappa shape index (κ2) is 4.52. The van der Waals surface area contributed by atoms with Crippen LogP contribution in [0.2, 0.25) is 0 Å². The largest absolute Gasteiger partial charge is 0.462 e. The number of ketones is 1. The lowest BCUT2D eigenvalue weighted by Crippen LogP contribution is -2.36. The van der Waals surface area contributed by atoms with E-state index in [1.165, 1.54) is 0 Å². The predicted molar refractivity (Wildman–Crippen MR) is 55.7 cm³/mol. The average molecular weight is 231 g/mol. The van der Waals surface area contributed by atoms with Crippen molar-refractivity contribution in [2.24, 2.45) is 11.8 Å². The van der Waals surface area contributed by atoms with Crippen LogP contribution in [0.5, 0.6) is 0 Å². The Bertz CT molecular complexity index is 277. The summed E-state index contributed by atoms with van der Waals surface area (Å²) in [7, 11) is 0. The molecule has 1 aliphatic heterocycles. The fraction of sp³-hybridized carbons (Fsp3) is 0.818. The first-order chi connectivity index (χ1) is 7.22. The van der Waals surface area contributed by atoms with E-state index >= 15 is 0 Å². The first-order valence-corrected chi connectivity index (χ1v) is 6.04. The van der Waals surface area contributed by atoms with E-state index < -0.39 is 0 Å². The van der Waals surface area contributed by atoms with E-state index in [0.717, 1.165) is 19.3 Å². The Hall–Kier alpha value is -0.570. The number of Topliss-reactive ketones (excluding diaryl/α,β-unsaturated/α-hetero) is 1. The van der Waals surface area contributed by atoms with Crippen LogP contribution in [0.15, 0.2) is 0 Å². The monoisotopic (exact) mass is 230 g/mol. The molecule has 0 radical (unpaired) electrons. The third kappa shape index (κ3) is 2.17. The quantitative estimate of drug-likeness (QED) is 0.548. The van der Waals surface area contributed by atoms with Crippen molar-refractivity contribution in [3.63, 3.8) is 0 Å². The number of alkyl halides is 1. The summed E-state index contributed by atoms with van der Waals surface area (Å²) in [4.78, 5) is 22.6. The minimum Gasteiger partial charge on any atom is -0.462 e. The Balaban J connectivity index is 1.95. The number of carbonyl (C=O) groups excluding carboxylic acids is 2. The number of halogens is 1. The minimum absolute atomic E-state index is 0.0644. The standard InChI is InChI=1S/C11H15ClO3/c12-5-1-2-10-8(6-11(14)15-10)7-3-4-9(7)13/h7-8,10H,1-6H2/t7-,8+,10+/m0/s1. The number of hydrogen-bond acceptors (Lipinski definition) is 3.